The predicted octanol–water partition coefficient (Wildman–Crippen LogP) is 4.07. The molecule has 5 heteroatoms. The number of para-hydroxylation sites is 1. The number of benzene rings is 3. The Labute approximate surface area is 181 Å². The van der Waals surface area contributed by atoms with Crippen molar-refractivity contribution in [1.82, 2.24) is 4.90 Å². The van der Waals surface area contributed by atoms with Gasteiger partial charge in [-0.15, -0.1) is 0 Å². The normalized spacial score (nSPS) is 23.0. The minimum absolute atomic E-state index is 0.194. The quantitative estimate of drug-likeness (QED) is 0.595. The van der Waals surface area contributed by atoms with E-state index in [-0.39, 0.29) is 24.4 Å². The maximum Gasteiger partial charge on any atom is 0.262 e. The number of amides is 2. The van der Waals surface area contributed by atoms with Crippen molar-refractivity contribution < 1.29 is 14.4 Å². The van der Waals surface area contributed by atoms with Gasteiger partial charge in [-0.25, -0.2) is 5.06 Å². The highest BCUT2D eigenvalue weighted by Crippen LogP contribution is 2.39. The Kier molecular flexibility index (Phi) is 5.10. The molecule has 2 amide bonds. The molecule has 3 aromatic rings. The van der Waals surface area contributed by atoms with Crippen molar-refractivity contribution in [1.29, 1.82) is 0 Å². The minimum Gasteiger partial charge on any atom is -0.275 e. The van der Waals surface area contributed by atoms with E-state index < -0.39 is 12.0 Å². The molecule has 0 unspecified atom stereocenters. The van der Waals surface area contributed by atoms with E-state index in [1.807, 2.05) is 103 Å². The number of likely N-dealkylation sites (tertiary alicyclic amines) is 1. The SMILES string of the molecule is O=C1[C@H]2[C@H](ON(c3ccccc3)[C@H]2/C=C/c2ccccc2)C(=O)N1Cc1ccccc1. The molecule has 2 heterocycles. The second-order valence-corrected chi connectivity index (χ2v) is 7.72. The van der Waals surface area contributed by atoms with E-state index in [9.17, 15) is 9.59 Å². The number of nitrogens with zero attached hydrogens (tertiary/aromatic N) is 2. The topological polar surface area (TPSA) is 49.9 Å². The van der Waals surface area contributed by atoms with Crippen molar-refractivity contribution in [2.75, 3.05) is 5.06 Å². The molecule has 0 N–H and O–H groups in total. The van der Waals surface area contributed by atoms with Gasteiger partial charge in [0.25, 0.3) is 5.91 Å². The third-order valence-corrected chi connectivity index (χ3v) is 5.73. The molecule has 0 aliphatic carbocycles. The summed E-state index contributed by atoms with van der Waals surface area (Å²) in [6, 6.07) is 28.6. The van der Waals surface area contributed by atoms with Crippen LogP contribution in [0, 0.1) is 5.92 Å². The summed E-state index contributed by atoms with van der Waals surface area (Å²) >= 11 is 0. The van der Waals surface area contributed by atoms with Gasteiger partial charge in [-0.05, 0) is 23.3 Å². The van der Waals surface area contributed by atoms with Crippen LogP contribution in [0.25, 0.3) is 6.08 Å². The monoisotopic (exact) mass is 410 g/mol. The average molecular weight is 410 g/mol. The third-order valence-electron chi connectivity index (χ3n) is 5.73. The Morgan fingerprint density at radius 3 is 2.06 bits per heavy atom. The van der Waals surface area contributed by atoms with Crippen LogP contribution in [0.4, 0.5) is 5.69 Å². The lowest BCUT2D eigenvalue weighted by atomic mass is 9.95. The number of anilines is 1. The first-order chi connectivity index (χ1) is 15.2. The van der Waals surface area contributed by atoms with Crippen LogP contribution in [0.3, 0.4) is 0 Å². The van der Waals surface area contributed by atoms with E-state index in [2.05, 4.69) is 0 Å². The molecule has 3 atom stereocenters. The Morgan fingerprint density at radius 1 is 0.774 bits per heavy atom. The summed E-state index contributed by atoms with van der Waals surface area (Å²) in [5, 5.41) is 1.70. The fraction of sp³-hybridized carbons (Fsp3) is 0.154. The Hall–Kier alpha value is -3.70. The second-order valence-electron chi connectivity index (χ2n) is 7.72. The molecular weight excluding hydrogens is 388 g/mol. The molecule has 5 rings (SSSR count). The zero-order chi connectivity index (χ0) is 21.2. The summed E-state index contributed by atoms with van der Waals surface area (Å²) in [6.07, 6.45) is 3.12. The molecule has 31 heavy (non-hydrogen) atoms. The summed E-state index contributed by atoms with van der Waals surface area (Å²) in [7, 11) is 0. The second kappa shape index (κ2) is 8.20. The largest absolute Gasteiger partial charge is 0.275 e. The molecule has 154 valence electrons. The van der Waals surface area contributed by atoms with Crippen LogP contribution in [0.5, 0.6) is 0 Å². The Balaban J connectivity index is 1.47. The maximum absolute atomic E-state index is 13.4. The first-order valence-electron chi connectivity index (χ1n) is 10.4. The van der Waals surface area contributed by atoms with E-state index in [0.29, 0.717) is 0 Å². The number of carbonyl (C=O) groups excluding carboxylic acids is 2. The molecule has 0 aromatic heterocycles. The standard InChI is InChI=1S/C26H22N2O3/c29-25-23-22(17-16-19-10-4-1-5-11-19)28(21-14-8-3-9-15-21)31-24(23)26(30)27(25)18-20-12-6-2-7-13-20/h1-17,22-24H,18H2/b17-16+/t22-,23+,24-/m0/s1. The zero-order valence-electron chi connectivity index (χ0n) is 16.9. The van der Waals surface area contributed by atoms with Gasteiger partial charge < -0.3 is 0 Å². The highest BCUT2D eigenvalue weighted by Gasteiger charge is 2.58. The molecule has 0 bridgehead atoms. The summed E-state index contributed by atoms with van der Waals surface area (Å²) in [6.45, 7) is 0.259. The number of fused-ring (bicyclic) bond motifs is 1. The van der Waals surface area contributed by atoms with E-state index in [1.165, 1.54) is 4.90 Å². The molecular formula is C26H22N2O3. The number of hydrogen-bond acceptors (Lipinski definition) is 4. The molecule has 0 spiro atoms. The van der Waals surface area contributed by atoms with Gasteiger partial charge in [-0.1, -0.05) is 91.0 Å². The van der Waals surface area contributed by atoms with Crippen LogP contribution in [-0.4, -0.2) is 28.9 Å². The van der Waals surface area contributed by atoms with E-state index in [0.717, 1.165) is 16.8 Å². The average Bonchev–Trinajstić information content (AvgIpc) is 3.31. The molecule has 2 saturated heterocycles. The Bertz CT molecular complexity index is 1100. The van der Waals surface area contributed by atoms with Gasteiger partial charge in [0, 0.05) is 0 Å². The van der Waals surface area contributed by atoms with Crippen LogP contribution in [0.2, 0.25) is 0 Å². The number of hydrogen-bond donors (Lipinski definition) is 0. The number of imide groups is 1. The third kappa shape index (κ3) is 3.64. The minimum atomic E-state index is -0.818. The van der Waals surface area contributed by atoms with E-state index in [1.54, 1.807) is 5.06 Å². The highest BCUT2D eigenvalue weighted by atomic mass is 16.7. The van der Waals surface area contributed by atoms with Crippen LogP contribution in [0.15, 0.2) is 97.1 Å². The highest BCUT2D eigenvalue weighted by molar-refractivity contribution is 6.07. The van der Waals surface area contributed by atoms with Crippen molar-refractivity contribution in [3.63, 3.8) is 0 Å². The van der Waals surface area contributed by atoms with Crippen LogP contribution in [-0.2, 0) is 21.0 Å². The van der Waals surface area contributed by atoms with Crippen LogP contribution < -0.4 is 5.06 Å². The van der Waals surface area contributed by atoms with Crippen molar-refractivity contribution in [3.8, 4) is 0 Å². The number of hydroxylamine groups is 1. The van der Waals surface area contributed by atoms with Crippen molar-refractivity contribution in [2.45, 2.75) is 18.7 Å². The first kappa shape index (κ1) is 19.3. The lowest BCUT2D eigenvalue weighted by Gasteiger charge is -2.26. The maximum atomic E-state index is 13.4. The van der Waals surface area contributed by atoms with Crippen molar-refractivity contribution in [2.24, 2.45) is 5.92 Å². The van der Waals surface area contributed by atoms with Gasteiger partial charge in [0.15, 0.2) is 6.10 Å². The van der Waals surface area contributed by atoms with Gasteiger partial charge in [-0.2, -0.15) is 0 Å². The summed E-state index contributed by atoms with van der Waals surface area (Å²) in [5.74, 6) is -1.06. The molecule has 0 saturated carbocycles. The number of carbonyl (C=O) groups is 2. The Morgan fingerprint density at radius 2 is 1.39 bits per heavy atom. The zero-order valence-corrected chi connectivity index (χ0v) is 16.9. The molecule has 2 aliphatic rings. The molecule has 3 aromatic carbocycles. The lowest BCUT2D eigenvalue weighted by Crippen LogP contribution is -2.39. The summed E-state index contributed by atoms with van der Waals surface area (Å²) in [4.78, 5) is 33.9. The molecule has 2 fully saturated rings. The van der Waals surface area contributed by atoms with Gasteiger partial charge in [0.2, 0.25) is 5.91 Å². The first-order valence-corrected chi connectivity index (χ1v) is 10.4. The molecule has 5 nitrogen and oxygen atoms in total. The van der Waals surface area contributed by atoms with E-state index in [4.69, 9.17) is 4.84 Å². The fourth-order valence-corrected chi connectivity index (χ4v) is 4.20. The predicted molar refractivity (Wildman–Crippen MR) is 119 cm³/mol. The molecule has 2 aliphatic heterocycles. The molecule has 0 radical (unpaired) electrons. The fourth-order valence-electron chi connectivity index (χ4n) is 4.20. The smallest absolute Gasteiger partial charge is 0.262 e. The van der Waals surface area contributed by atoms with Gasteiger partial charge in [0.05, 0.1) is 18.3 Å². The summed E-state index contributed by atoms with van der Waals surface area (Å²) < 4.78 is 0. The van der Waals surface area contributed by atoms with Crippen LogP contribution >= 0.6 is 0 Å². The van der Waals surface area contributed by atoms with Crippen molar-refractivity contribution >= 4 is 23.6 Å². The lowest BCUT2D eigenvalue weighted by molar-refractivity contribution is -0.143. The van der Waals surface area contributed by atoms with Gasteiger partial charge in [0.1, 0.15) is 5.92 Å². The van der Waals surface area contributed by atoms with Crippen LogP contribution in [0.1, 0.15) is 11.1 Å². The van der Waals surface area contributed by atoms with Gasteiger partial charge in [-0.3, -0.25) is 19.3 Å². The number of rotatable bonds is 5. The van der Waals surface area contributed by atoms with Gasteiger partial charge >= 0.3 is 0 Å². The van der Waals surface area contributed by atoms with E-state index >= 15 is 0 Å². The summed E-state index contributed by atoms with van der Waals surface area (Å²) in [5.41, 5.74) is 2.76. The van der Waals surface area contributed by atoms with Crippen molar-refractivity contribution in [3.05, 3.63) is 108 Å².